The third kappa shape index (κ3) is 5.91. The molecule has 1 saturated heterocycles. The lowest BCUT2D eigenvalue weighted by molar-refractivity contribution is -0.133. The van der Waals surface area contributed by atoms with Crippen LogP contribution in [-0.2, 0) is 17.8 Å². The minimum Gasteiger partial charge on any atom is -0.493 e. The second-order valence-corrected chi connectivity index (χ2v) is 8.85. The summed E-state index contributed by atoms with van der Waals surface area (Å²) < 4.78 is 16.6. The van der Waals surface area contributed by atoms with Crippen molar-refractivity contribution in [3.8, 4) is 17.2 Å². The molecule has 33 heavy (non-hydrogen) atoms. The molecule has 0 saturated carbocycles. The van der Waals surface area contributed by atoms with E-state index in [1.165, 1.54) is 5.56 Å². The number of methoxy groups -OCH3 is 2. The van der Waals surface area contributed by atoms with Crippen LogP contribution >= 0.6 is 11.6 Å². The molecule has 7 nitrogen and oxygen atoms in total. The standard InChI is InChI=1S/C25H32ClN3O4/c1-31-23-15-19-7-8-29(17-20(19)16-24(23)32-2)25(30)18-28-11-9-27(10-12-28)13-14-33-22-6-4-3-5-21(22)26/h3-6,15-16H,7-14,17-18H2,1-2H3. The first-order valence-corrected chi connectivity index (χ1v) is 11.8. The van der Waals surface area contributed by atoms with Gasteiger partial charge in [0.15, 0.2) is 11.5 Å². The number of carbonyl (C=O) groups excluding carboxylic acids is 1. The second kappa shape index (κ2) is 11.1. The molecule has 0 unspecified atom stereocenters. The van der Waals surface area contributed by atoms with Crippen LogP contribution in [0.15, 0.2) is 36.4 Å². The molecule has 0 radical (unpaired) electrons. The Morgan fingerprint density at radius 2 is 1.58 bits per heavy atom. The fourth-order valence-corrected chi connectivity index (χ4v) is 4.60. The number of halogens is 1. The van der Waals surface area contributed by atoms with E-state index >= 15 is 0 Å². The molecule has 178 valence electrons. The Labute approximate surface area is 200 Å². The highest BCUT2D eigenvalue weighted by molar-refractivity contribution is 6.32. The third-order valence-electron chi connectivity index (χ3n) is 6.40. The van der Waals surface area contributed by atoms with Crippen LogP contribution < -0.4 is 14.2 Å². The summed E-state index contributed by atoms with van der Waals surface area (Å²) in [4.78, 5) is 19.6. The lowest BCUT2D eigenvalue weighted by atomic mass is 9.98. The zero-order valence-corrected chi connectivity index (χ0v) is 20.1. The van der Waals surface area contributed by atoms with Crippen LogP contribution in [-0.4, -0.2) is 87.2 Å². The highest BCUT2D eigenvalue weighted by atomic mass is 35.5. The van der Waals surface area contributed by atoms with Gasteiger partial charge in [0.2, 0.25) is 5.91 Å². The maximum atomic E-state index is 13.0. The molecule has 0 aromatic heterocycles. The summed E-state index contributed by atoms with van der Waals surface area (Å²) in [7, 11) is 3.28. The van der Waals surface area contributed by atoms with Crippen molar-refractivity contribution in [3.63, 3.8) is 0 Å². The van der Waals surface area contributed by atoms with E-state index in [4.69, 9.17) is 25.8 Å². The summed E-state index contributed by atoms with van der Waals surface area (Å²) in [5.41, 5.74) is 2.36. The van der Waals surface area contributed by atoms with Crippen LogP contribution in [0, 0.1) is 0 Å². The number of rotatable bonds is 8. The average Bonchev–Trinajstić information content (AvgIpc) is 2.85. The minimum absolute atomic E-state index is 0.186. The summed E-state index contributed by atoms with van der Waals surface area (Å²) >= 11 is 6.14. The maximum Gasteiger partial charge on any atom is 0.237 e. The Balaban J connectivity index is 1.21. The van der Waals surface area contributed by atoms with Gasteiger partial charge in [-0.05, 0) is 41.8 Å². The van der Waals surface area contributed by atoms with E-state index in [2.05, 4.69) is 9.80 Å². The Morgan fingerprint density at radius 1 is 0.909 bits per heavy atom. The van der Waals surface area contributed by atoms with E-state index in [1.807, 2.05) is 41.3 Å². The predicted molar refractivity (Wildman–Crippen MR) is 128 cm³/mol. The summed E-state index contributed by atoms with van der Waals surface area (Å²) in [6.07, 6.45) is 0.834. The fraction of sp³-hybridized carbons (Fsp3) is 0.480. The summed E-state index contributed by atoms with van der Waals surface area (Å²) in [6.45, 7) is 6.89. The molecule has 0 atom stereocenters. The first-order chi connectivity index (χ1) is 16.1. The Hall–Kier alpha value is -2.48. The van der Waals surface area contributed by atoms with Gasteiger partial charge in [-0.15, -0.1) is 0 Å². The predicted octanol–water partition coefficient (Wildman–Crippen LogP) is 2.94. The maximum absolute atomic E-state index is 13.0. The lowest BCUT2D eigenvalue weighted by Crippen LogP contribution is -2.51. The van der Waals surface area contributed by atoms with Crippen LogP contribution in [0.5, 0.6) is 17.2 Å². The molecular weight excluding hydrogens is 442 g/mol. The van der Waals surface area contributed by atoms with Crippen molar-refractivity contribution in [2.24, 2.45) is 0 Å². The van der Waals surface area contributed by atoms with Gasteiger partial charge in [-0.2, -0.15) is 0 Å². The molecule has 1 fully saturated rings. The van der Waals surface area contributed by atoms with Crippen molar-refractivity contribution in [1.29, 1.82) is 0 Å². The number of para-hydroxylation sites is 1. The van der Waals surface area contributed by atoms with Crippen LogP contribution in [0.4, 0.5) is 0 Å². The van der Waals surface area contributed by atoms with Crippen molar-refractivity contribution in [3.05, 3.63) is 52.5 Å². The average molecular weight is 474 g/mol. The number of hydrogen-bond donors (Lipinski definition) is 0. The van der Waals surface area contributed by atoms with Crippen molar-refractivity contribution in [1.82, 2.24) is 14.7 Å². The monoisotopic (exact) mass is 473 g/mol. The summed E-state index contributed by atoms with van der Waals surface area (Å²) in [5, 5.41) is 0.638. The Morgan fingerprint density at radius 3 is 2.27 bits per heavy atom. The Kier molecular flexibility index (Phi) is 7.96. The number of amides is 1. The van der Waals surface area contributed by atoms with Gasteiger partial charge in [-0.1, -0.05) is 23.7 Å². The van der Waals surface area contributed by atoms with Crippen LogP contribution in [0.25, 0.3) is 0 Å². The molecule has 2 aromatic rings. The number of hydrogen-bond acceptors (Lipinski definition) is 6. The summed E-state index contributed by atoms with van der Waals surface area (Å²) in [5.74, 6) is 2.36. The van der Waals surface area contributed by atoms with Crippen LogP contribution in [0.3, 0.4) is 0 Å². The van der Waals surface area contributed by atoms with Gasteiger partial charge in [0.25, 0.3) is 0 Å². The van der Waals surface area contributed by atoms with Gasteiger partial charge < -0.3 is 19.1 Å². The molecule has 0 bridgehead atoms. The molecule has 1 amide bonds. The molecule has 2 aliphatic heterocycles. The minimum atomic E-state index is 0.186. The third-order valence-corrected chi connectivity index (χ3v) is 6.71. The van der Waals surface area contributed by atoms with E-state index in [0.717, 1.165) is 62.8 Å². The van der Waals surface area contributed by atoms with E-state index in [9.17, 15) is 4.79 Å². The van der Waals surface area contributed by atoms with Gasteiger partial charge in [0, 0.05) is 45.8 Å². The first-order valence-electron chi connectivity index (χ1n) is 11.4. The lowest BCUT2D eigenvalue weighted by Gasteiger charge is -2.36. The second-order valence-electron chi connectivity index (χ2n) is 8.44. The van der Waals surface area contributed by atoms with Crippen molar-refractivity contribution >= 4 is 17.5 Å². The van der Waals surface area contributed by atoms with Crippen molar-refractivity contribution < 1.29 is 19.0 Å². The number of nitrogens with zero attached hydrogens (tertiary/aromatic N) is 3. The molecule has 8 heteroatoms. The van der Waals surface area contributed by atoms with Crippen molar-refractivity contribution in [2.75, 3.05) is 66.6 Å². The van der Waals surface area contributed by atoms with Gasteiger partial charge >= 0.3 is 0 Å². The molecule has 2 heterocycles. The van der Waals surface area contributed by atoms with Gasteiger partial charge in [-0.25, -0.2) is 0 Å². The topological polar surface area (TPSA) is 54.5 Å². The van der Waals surface area contributed by atoms with E-state index in [0.29, 0.717) is 30.5 Å². The number of piperazine rings is 1. The highest BCUT2D eigenvalue weighted by Crippen LogP contribution is 2.33. The molecule has 0 aliphatic carbocycles. The van der Waals surface area contributed by atoms with Crippen LogP contribution in [0.1, 0.15) is 11.1 Å². The fourth-order valence-electron chi connectivity index (χ4n) is 4.40. The zero-order valence-electron chi connectivity index (χ0n) is 19.4. The van der Waals surface area contributed by atoms with E-state index in [-0.39, 0.29) is 5.91 Å². The SMILES string of the molecule is COc1cc2c(cc1OC)CN(C(=O)CN1CCN(CCOc3ccccc3Cl)CC1)CC2. The largest absolute Gasteiger partial charge is 0.493 e. The number of ether oxygens (including phenoxy) is 3. The molecule has 0 spiro atoms. The first kappa shape index (κ1) is 23.7. The number of fused-ring (bicyclic) bond motifs is 1. The molecule has 2 aliphatic rings. The van der Waals surface area contributed by atoms with E-state index < -0.39 is 0 Å². The highest BCUT2D eigenvalue weighted by Gasteiger charge is 2.25. The van der Waals surface area contributed by atoms with Gasteiger partial charge in [0.05, 0.1) is 25.8 Å². The summed E-state index contributed by atoms with van der Waals surface area (Å²) in [6, 6.07) is 11.6. The molecule has 2 aromatic carbocycles. The van der Waals surface area contributed by atoms with E-state index in [1.54, 1.807) is 14.2 Å². The molecule has 0 N–H and O–H groups in total. The quantitative estimate of drug-likeness (QED) is 0.587. The zero-order chi connectivity index (χ0) is 23.2. The molecule has 4 rings (SSSR count). The molecular formula is C25H32ClN3O4. The van der Waals surface area contributed by atoms with Gasteiger partial charge in [0.1, 0.15) is 12.4 Å². The van der Waals surface area contributed by atoms with Crippen LogP contribution in [0.2, 0.25) is 5.02 Å². The number of carbonyl (C=O) groups is 1. The van der Waals surface area contributed by atoms with Crippen molar-refractivity contribution in [2.45, 2.75) is 13.0 Å². The smallest absolute Gasteiger partial charge is 0.237 e. The Bertz CT molecular complexity index is 963. The normalized spacial score (nSPS) is 16.9. The van der Waals surface area contributed by atoms with Gasteiger partial charge in [-0.3, -0.25) is 14.6 Å². The number of benzene rings is 2.